The summed E-state index contributed by atoms with van der Waals surface area (Å²) in [6.07, 6.45) is 9.36. The summed E-state index contributed by atoms with van der Waals surface area (Å²) in [5.74, 6) is 4.82. The van der Waals surface area contributed by atoms with Crippen LogP contribution in [0.3, 0.4) is 0 Å². The second kappa shape index (κ2) is 3.87. The Morgan fingerprint density at radius 1 is 1.29 bits per heavy atom. The highest BCUT2D eigenvalue weighted by Crippen LogP contribution is 2.37. The van der Waals surface area contributed by atoms with Crippen LogP contribution in [0, 0.1) is 0 Å². The Balaban J connectivity index is 2.01. The third-order valence-corrected chi connectivity index (χ3v) is 2.87. The first-order valence-corrected chi connectivity index (χ1v) is 5.15. The van der Waals surface area contributed by atoms with Crippen molar-refractivity contribution >= 4 is 6.71 Å². The SMILES string of the molecule is C=C/C=C(\C=C)CB1C=C2CC(=C1)C2. The molecule has 1 saturated carbocycles. The summed E-state index contributed by atoms with van der Waals surface area (Å²) < 4.78 is 0. The van der Waals surface area contributed by atoms with Crippen LogP contribution in [0.15, 0.2) is 60.1 Å². The largest absolute Gasteiger partial charge is 0.196 e. The minimum absolute atomic E-state index is 0.603. The van der Waals surface area contributed by atoms with Crippen molar-refractivity contribution in [2.75, 3.05) is 0 Å². The van der Waals surface area contributed by atoms with Gasteiger partial charge in [-0.3, -0.25) is 0 Å². The number of fused-ring (bicyclic) bond motifs is 2. The Morgan fingerprint density at radius 3 is 2.43 bits per heavy atom. The molecule has 3 rings (SSSR count). The van der Waals surface area contributed by atoms with Gasteiger partial charge in [-0.15, -0.1) is 12.0 Å². The second-order valence-electron chi connectivity index (χ2n) is 4.05. The van der Waals surface area contributed by atoms with Crippen molar-refractivity contribution in [2.45, 2.75) is 19.2 Å². The third kappa shape index (κ3) is 1.82. The molecule has 0 radical (unpaired) electrons. The zero-order valence-electron chi connectivity index (χ0n) is 8.50. The van der Waals surface area contributed by atoms with Gasteiger partial charge < -0.3 is 0 Å². The normalized spacial score (nSPS) is 19.4. The average molecular weight is 182 g/mol. The van der Waals surface area contributed by atoms with E-state index in [1.807, 2.05) is 18.2 Å². The van der Waals surface area contributed by atoms with Gasteiger partial charge in [-0.1, -0.05) is 48.1 Å². The molecular formula is C13H15B. The molecule has 14 heavy (non-hydrogen) atoms. The highest BCUT2D eigenvalue weighted by atomic mass is 14.2. The van der Waals surface area contributed by atoms with Gasteiger partial charge in [0.25, 0.3) is 0 Å². The lowest BCUT2D eigenvalue weighted by Gasteiger charge is -2.29. The first kappa shape index (κ1) is 9.33. The van der Waals surface area contributed by atoms with Gasteiger partial charge in [0.2, 0.25) is 0 Å². The Morgan fingerprint density at radius 2 is 1.93 bits per heavy atom. The molecule has 0 amide bonds. The molecule has 3 aliphatic rings. The quantitative estimate of drug-likeness (QED) is 0.461. The molecule has 1 fully saturated rings. The fourth-order valence-corrected chi connectivity index (χ4v) is 2.18. The lowest BCUT2D eigenvalue weighted by Crippen LogP contribution is -2.20. The van der Waals surface area contributed by atoms with E-state index in [-0.39, 0.29) is 0 Å². The summed E-state index contributed by atoms with van der Waals surface area (Å²) in [7, 11) is 0. The maximum absolute atomic E-state index is 3.82. The van der Waals surface area contributed by atoms with Gasteiger partial charge in [0, 0.05) is 0 Å². The summed E-state index contributed by atoms with van der Waals surface area (Å²) in [4.78, 5) is 0. The molecule has 2 heterocycles. The molecule has 0 spiro atoms. The molecule has 0 atom stereocenters. The molecular weight excluding hydrogens is 167 g/mol. The standard InChI is InChI=1S/C13H15B/c1-3-5-11(4-2)8-14-9-12-6-13(7-12)10-14/h3-5,9-10H,1-2,6-8H2/b11-5+. The zero-order valence-corrected chi connectivity index (χ0v) is 8.50. The van der Waals surface area contributed by atoms with E-state index in [1.165, 1.54) is 18.4 Å². The third-order valence-electron chi connectivity index (χ3n) is 2.87. The van der Waals surface area contributed by atoms with E-state index in [1.54, 1.807) is 11.1 Å². The summed E-state index contributed by atoms with van der Waals surface area (Å²) in [6, 6.07) is 0. The molecule has 1 heteroatoms. The Bertz CT molecular complexity index is 327. The Kier molecular flexibility index (Phi) is 2.58. The maximum atomic E-state index is 3.82. The minimum atomic E-state index is 0.603. The van der Waals surface area contributed by atoms with E-state index >= 15 is 0 Å². The lowest BCUT2D eigenvalue weighted by molar-refractivity contribution is 0.857. The highest BCUT2D eigenvalue weighted by Gasteiger charge is 2.24. The van der Waals surface area contributed by atoms with Gasteiger partial charge >= 0.3 is 0 Å². The van der Waals surface area contributed by atoms with Crippen LogP contribution in [0.4, 0.5) is 0 Å². The van der Waals surface area contributed by atoms with E-state index in [9.17, 15) is 0 Å². The van der Waals surface area contributed by atoms with Gasteiger partial charge in [-0.25, -0.2) is 0 Å². The van der Waals surface area contributed by atoms with Crippen LogP contribution in [0.1, 0.15) is 12.8 Å². The van der Waals surface area contributed by atoms with Gasteiger partial charge in [0.1, 0.15) is 0 Å². The number of hydrogen-bond acceptors (Lipinski definition) is 0. The molecule has 0 nitrogen and oxygen atoms in total. The van der Waals surface area contributed by atoms with E-state index < -0.39 is 0 Å². The Labute approximate surface area is 86.5 Å². The van der Waals surface area contributed by atoms with Gasteiger partial charge in [0.15, 0.2) is 6.71 Å². The van der Waals surface area contributed by atoms with Crippen molar-refractivity contribution < 1.29 is 0 Å². The highest BCUT2D eigenvalue weighted by molar-refractivity contribution is 6.70. The van der Waals surface area contributed by atoms with E-state index in [4.69, 9.17) is 0 Å². The van der Waals surface area contributed by atoms with Crippen LogP contribution in [0.5, 0.6) is 0 Å². The van der Waals surface area contributed by atoms with Crippen LogP contribution in [-0.4, -0.2) is 6.71 Å². The number of rotatable bonds is 4. The summed E-state index contributed by atoms with van der Waals surface area (Å²) >= 11 is 0. The molecule has 0 saturated heterocycles. The van der Waals surface area contributed by atoms with Crippen LogP contribution < -0.4 is 0 Å². The van der Waals surface area contributed by atoms with Crippen molar-refractivity contribution in [1.82, 2.24) is 0 Å². The number of hydrogen-bond donors (Lipinski definition) is 0. The Hall–Kier alpha value is -1.24. The van der Waals surface area contributed by atoms with Crippen LogP contribution >= 0.6 is 0 Å². The van der Waals surface area contributed by atoms with Gasteiger partial charge in [0.05, 0.1) is 0 Å². The first-order chi connectivity index (χ1) is 6.81. The van der Waals surface area contributed by atoms with Crippen LogP contribution in [0.25, 0.3) is 0 Å². The predicted molar refractivity (Wildman–Crippen MR) is 64.4 cm³/mol. The lowest BCUT2D eigenvalue weighted by atomic mass is 9.40. The molecule has 0 aromatic rings. The first-order valence-electron chi connectivity index (χ1n) is 5.15. The minimum Gasteiger partial charge on any atom is -0.110 e. The van der Waals surface area contributed by atoms with Gasteiger partial charge in [-0.05, 0) is 19.2 Å². The average Bonchev–Trinajstić information content (AvgIpc) is 2.16. The van der Waals surface area contributed by atoms with E-state index in [0.717, 1.165) is 6.32 Å². The fourth-order valence-electron chi connectivity index (χ4n) is 2.18. The summed E-state index contributed by atoms with van der Waals surface area (Å²) in [6.45, 7) is 8.13. The van der Waals surface area contributed by atoms with Crippen LogP contribution in [0.2, 0.25) is 6.32 Å². The van der Waals surface area contributed by atoms with E-state index in [0.29, 0.717) is 6.71 Å². The molecule has 0 aromatic carbocycles. The van der Waals surface area contributed by atoms with Crippen molar-refractivity contribution in [1.29, 1.82) is 0 Å². The van der Waals surface area contributed by atoms with E-state index in [2.05, 4.69) is 25.1 Å². The predicted octanol–water partition coefficient (Wildman–Crippen LogP) is 3.52. The summed E-state index contributed by atoms with van der Waals surface area (Å²) in [5.41, 5.74) is 4.52. The molecule has 0 N–H and O–H groups in total. The monoisotopic (exact) mass is 182 g/mol. The molecule has 0 unspecified atom stereocenters. The summed E-state index contributed by atoms with van der Waals surface area (Å²) in [5, 5.41) is 0. The maximum Gasteiger partial charge on any atom is 0.196 e. The molecule has 2 aliphatic heterocycles. The molecule has 1 aliphatic carbocycles. The number of allylic oxidation sites excluding steroid dienone is 6. The topological polar surface area (TPSA) is 0 Å². The molecule has 70 valence electrons. The van der Waals surface area contributed by atoms with Crippen molar-refractivity contribution in [3.63, 3.8) is 0 Å². The van der Waals surface area contributed by atoms with Gasteiger partial charge in [-0.2, -0.15) is 0 Å². The van der Waals surface area contributed by atoms with Crippen molar-refractivity contribution in [3.05, 3.63) is 60.1 Å². The molecule has 0 aromatic heterocycles. The fraction of sp³-hybridized carbons (Fsp3) is 0.231. The van der Waals surface area contributed by atoms with Crippen molar-refractivity contribution in [3.8, 4) is 0 Å². The molecule has 2 bridgehead atoms. The van der Waals surface area contributed by atoms with Crippen LogP contribution in [-0.2, 0) is 0 Å². The van der Waals surface area contributed by atoms with Crippen molar-refractivity contribution in [2.24, 2.45) is 0 Å². The zero-order chi connectivity index (χ0) is 9.97. The second-order valence-corrected chi connectivity index (χ2v) is 4.05. The smallest absolute Gasteiger partial charge is 0.110 e.